The highest BCUT2D eigenvalue weighted by Gasteiger charge is 2.35. The number of aliphatic hydroxyl groups is 1. The second-order valence-electron chi connectivity index (χ2n) is 4.72. The molecule has 0 radical (unpaired) electrons. The van der Waals surface area contributed by atoms with Gasteiger partial charge in [0.15, 0.2) is 0 Å². The summed E-state index contributed by atoms with van der Waals surface area (Å²) in [5, 5.41) is 13.1. The Labute approximate surface area is 105 Å². The van der Waals surface area contributed by atoms with Gasteiger partial charge in [-0.15, -0.1) is 0 Å². The minimum atomic E-state index is -0.403. The lowest BCUT2D eigenvalue weighted by molar-refractivity contribution is 0.00632. The molecular formula is C13H27NO3. The third kappa shape index (κ3) is 6.99. The maximum absolute atomic E-state index is 9.67. The number of hydrogen-bond acceptors (Lipinski definition) is 4. The van der Waals surface area contributed by atoms with Gasteiger partial charge in [-0.05, 0) is 25.7 Å². The smallest absolute Gasteiger partial charge is 0.0897 e. The van der Waals surface area contributed by atoms with E-state index < -0.39 is 6.10 Å². The summed E-state index contributed by atoms with van der Waals surface area (Å²) in [7, 11) is 0. The number of nitrogens with one attached hydrogen (secondary N) is 1. The van der Waals surface area contributed by atoms with Crippen molar-refractivity contribution in [2.24, 2.45) is 5.92 Å². The molecule has 0 bridgehead atoms. The summed E-state index contributed by atoms with van der Waals surface area (Å²) in [6, 6.07) is 0.632. The van der Waals surface area contributed by atoms with Crippen LogP contribution in [0.25, 0.3) is 0 Å². The van der Waals surface area contributed by atoms with E-state index in [0.29, 0.717) is 39.0 Å². The molecule has 1 rings (SSSR count). The molecule has 2 N–H and O–H groups in total. The number of rotatable bonds is 11. The molecule has 4 heteroatoms. The van der Waals surface area contributed by atoms with Gasteiger partial charge in [0, 0.05) is 19.2 Å². The minimum absolute atomic E-state index is 0.394. The Bertz CT molecular complexity index is 190. The third-order valence-corrected chi connectivity index (χ3v) is 3.08. The van der Waals surface area contributed by atoms with E-state index in [-0.39, 0.29) is 0 Å². The summed E-state index contributed by atoms with van der Waals surface area (Å²) in [5.74, 6) is 0.839. The van der Waals surface area contributed by atoms with E-state index >= 15 is 0 Å². The molecule has 0 aromatic rings. The lowest BCUT2D eigenvalue weighted by Crippen LogP contribution is -2.32. The van der Waals surface area contributed by atoms with Crippen LogP contribution in [0.4, 0.5) is 0 Å². The molecule has 0 amide bonds. The summed E-state index contributed by atoms with van der Waals surface area (Å²) in [6.45, 7) is 7.10. The van der Waals surface area contributed by atoms with Crippen molar-refractivity contribution in [1.29, 1.82) is 0 Å². The summed E-state index contributed by atoms with van der Waals surface area (Å²) in [4.78, 5) is 0. The van der Waals surface area contributed by atoms with E-state index in [4.69, 9.17) is 9.47 Å². The van der Waals surface area contributed by atoms with Gasteiger partial charge in [0.05, 0.1) is 25.9 Å². The Morgan fingerprint density at radius 2 is 2.06 bits per heavy atom. The number of hydrogen-bond donors (Lipinski definition) is 2. The van der Waals surface area contributed by atoms with Crippen LogP contribution >= 0.6 is 0 Å². The fourth-order valence-electron chi connectivity index (χ4n) is 2.02. The zero-order chi connectivity index (χ0) is 12.5. The van der Waals surface area contributed by atoms with Crippen LogP contribution in [0, 0.1) is 5.92 Å². The molecule has 17 heavy (non-hydrogen) atoms. The van der Waals surface area contributed by atoms with Crippen molar-refractivity contribution in [2.75, 3.05) is 33.0 Å². The molecule has 0 saturated heterocycles. The number of aliphatic hydroxyl groups excluding tert-OH is 1. The van der Waals surface area contributed by atoms with Gasteiger partial charge in [-0.25, -0.2) is 0 Å². The van der Waals surface area contributed by atoms with Crippen molar-refractivity contribution >= 4 is 0 Å². The highest BCUT2D eigenvalue weighted by Crippen LogP contribution is 2.34. The van der Waals surface area contributed by atoms with Crippen molar-refractivity contribution in [2.45, 2.75) is 45.3 Å². The van der Waals surface area contributed by atoms with Gasteiger partial charge >= 0.3 is 0 Å². The number of ether oxygens (including phenoxy) is 2. The molecule has 1 aliphatic carbocycles. The highest BCUT2D eigenvalue weighted by molar-refractivity contribution is 4.92. The molecule has 0 aromatic heterocycles. The Morgan fingerprint density at radius 1 is 1.29 bits per heavy atom. The van der Waals surface area contributed by atoms with Crippen LogP contribution in [-0.4, -0.2) is 50.2 Å². The summed E-state index contributed by atoms with van der Waals surface area (Å²) < 4.78 is 10.5. The topological polar surface area (TPSA) is 50.7 Å². The molecule has 0 spiro atoms. The van der Waals surface area contributed by atoms with Crippen LogP contribution in [0.1, 0.15) is 33.1 Å². The quantitative estimate of drug-likeness (QED) is 0.537. The zero-order valence-corrected chi connectivity index (χ0v) is 11.2. The van der Waals surface area contributed by atoms with E-state index in [1.807, 2.05) is 6.92 Å². The summed E-state index contributed by atoms with van der Waals surface area (Å²) >= 11 is 0. The van der Waals surface area contributed by atoms with Crippen LogP contribution in [0.3, 0.4) is 0 Å². The molecular weight excluding hydrogens is 218 g/mol. The molecule has 0 heterocycles. The molecule has 0 aliphatic heterocycles. The maximum atomic E-state index is 9.67. The third-order valence-electron chi connectivity index (χ3n) is 3.08. The van der Waals surface area contributed by atoms with Crippen LogP contribution in [-0.2, 0) is 9.47 Å². The first kappa shape index (κ1) is 14.9. The van der Waals surface area contributed by atoms with Crippen LogP contribution in [0.5, 0.6) is 0 Å². The largest absolute Gasteiger partial charge is 0.389 e. The molecule has 3 unspecified atom stereocenters. The first-order valence-corrected chi connectivity index (χ1v) is 6.84. The van der Waals surface area contributed by atoms with Crippen molar-refractivity contribution in [3.05, 3.63) is 0 Å². The Kier molecular flexibility index (Phi) is 7.77. The summed E-state index contributed by atoms with van der Waals surface area (Å²) in [5.41, 5.74) is 0. The molecule has 4 nitrogen and oxygen atoms in total. The molecule has 3 atom stereocenters. The fourth-order valence-corrected chi connectivity index (χ4v) is 2.02. The Hall–Kier alpha value is -0.160. The Balaban J connectivity index is 1.86. The van der Waals surface area contributed by atoms with E-state index in [1.54, 1.807) is 0 Å². The molecule has 102 valence electrons. The second kappa shape index (κ2) is 8.86. The predicted octanol–water partition coefficient (Wildman–Crippen LogP) is 1.18. The Morgan fingerprint density at radius 3 is 2.76 bits per heavy atom. The molecule has 0 aromatic carbocycles. The monoisotopic (exact) mass is 245 g/mol. The van der Waals surface area contributed by atoms with Gasteiger partial charge in [-0.2, -0.15) is 0 Å². The second-order valence-corrected chi connectivity index (χ2v) is 4.72. The van der Waals surface area contributed by atoms with Gasteiger partial charge in [0.25, 0.3) is 0 Å². The summed E-state index contributed by atoms with van der Waals surface area (Å²) in [6.07, 6.45) is 3.43. The van der Waals surface area contributed by atoms with Gasteiger partial charge in [-0.1, -0.05) is 13.3 Å². The lowest BCUT2D eigenvalue weighted by Gasteiger charge is -2.12. The van der Waals surface area contributed by atoms with Crippen LogP contribution < -0.4 is 5.32 Å². The molecule has 1 fully saturated rings. The minimum Gasteiger partial charge on any atom is -0.389 e. The van der Waals surface area contributed by atoms with Crippen LogP contribution in [0.15, 0.2) is 0 Å². The van der Waals surface area contributed by atoms with Gasteiger partial charge in [0.2, 0.25) is 0 Å². The average molecular weight is 245 g/mol. The van der Waals surface area contributed by atoms with E-state index in [0.717, 1.165) is 5.92 Å². The van der Waals surface area contributed by atoms with Crippen molar-refractivity contribution in [1.82, 2.24) is 5.32 Å². The highest BCUT2D eigenvalue weighted by atomic mass is 16.5. The van der Waals surface area contributed by atoms with Crippen molar-refractivity contribution in [3.8, 4) is 0 Å². The fraction of sp³-hybridized carbons (Fsp3) is 1.00. The first-order valence-electron chi connectivity index (χ1n) is 6.84. The van der Waals surface area contributed by atoms with Gasteiger partial charge in [0.1, 0.15) is 0 Å². The van der Waals surface area contributed by atoms with Crippen LogP contribution in [0.2, 0.25) is 0 Å². The zero-order valence-electron chi connectivity index (χ0n) is 11.2. The normalized spacial score (nSPS) is 24.9. The van der Waals surface area contributed by atoms with E-state index in [2.05, 4.69) is 12.2 Å². The van der Waals surface area contributed by atoms with Crippen molar-refractivity contribution in [3.63, 3.8) is 0 Å². The predicted molar refractivity (Wildman–Crippen MR) is 68.1 cm³/mol. The molecule has 1 saturated carbocycles. The van der Waals surface area contributed by atoms with Gasteiger partial charge < -0.3 is 19.9 Å². The van der Waals surface area contributed by atoms with Gasteiger partial charge in [-0.3, -0.25) is 0 Å². The average Bonchev–Trinajstić information content (AvgIpc) is 3.05. The SMILES string of the molecule is CCCC1CC1NCC(O)COCCOCC. The molecule has 1 aliphatic rings. The van der Waals surface area contributed by atoms with E-state index in [9.17, 15) is 5.11 Å². The maximum Gasteiger partial charge on any atom is 0.0897 e. The lowest BCUT2D eigenvalue weighted by atomic mass is 10.2. The van der Waals surface area contributed by atoms with E-state index in [1.165, 1.54) is 19.3 Å². The van der Waals surface area contributed by atoms with Crippen molar-refractivity contribution < 1.29 is 14.6 Å². The first-order chi connectivity index (χ1) is 8.27. The standard InChI is InChI=1S/C13H27NO3/c1-3-5-11-8-13(11)14-9-12(15)10-17-7-6-16-4-2/h11-15H,3-10H2,1-2H3.